The summed E-state index contributed by atoms with van der Waals surface area (Å²) in [6.07, 6.45) is 1.11. The first-order chi connectivity index (χ1) is 12.4. The van der Waals surface area contributed by atoms with Gasteiger partial charge in [0.1, 0.15) is 11.5 Å². The largest absolute Gasteiger partial charge is 0.457 e. The summed E-state index contributed by atoms with van der Waals surface area (Å²) in [6, 6.07) is 19.4. The Morgan fingerprint density at radius 2 is 1.48 bits per heavy atom. The van der Waals surface area contributed by atoms with Crippen molar-refractivity contribution in [1.82, 2.24) is 0 Å². The molecule has 3 aliphatic rings. The number of benzene rings is 3. The highest BCUT2D eigenvalue weighted by Gasteiger charge is 2.42. The minimum Gasteiger partial charge on any atom is -0.457 e. The highest BCUT2D eigenvalue weighted by atomic mass is 16.5. The highest BCUT2D eigenvalue weighted by molar-refractivity contribution is 5.91. The van der Waals surface area contributed by atoms with Gasteiger partial charge in [0, 0.05) is 51.9 Å². The van der Waals surface area contributed by atoms with Crippen molar-refractivity contribution >= 4 is 22.7 Å². The molecule has 25 heavy (non-hydrogen) atoms. The van der Waals surface area contributed by atoms with Crippen LogP contribution in [0.4, 0.5) is 22.7 Å². The Hall–Kier alpha value is -2.94. The van der Waals surface area contributed by atoms with E-state index in [9.17, 15) is 0 Å². The van der Waals surface area contributed by atoms with E-state index in [1.54, 1.807) is 0 Å². The lowest BCUT2D eigenvalue weighted by atomic mass is 9.75. The SMILES string of the molecule is CCCN1c2cccc3c2C2c4c(cccc4Oc4cccc1c42)N3. The van der Waals surface area contributed by atoms with E-state index in [4.69, 9.17) is 4.74 Å². The van der Waals surface area contributed by atoms with Gasteiger partial charge in [0.15, 0.2) is 0 Å². The topological polar surface area (TPSA) is 24.5 Å². The molecule has 0 spiro atoms. The van der Waals surface area contributed by atoms with Crippen molar-refractivity contribution in [3.05, 3.63) is 71.3 Å². The van der Waals surface area contributed by atoms with E-state index in [0.717, 1.165) is 30.2 Å². The minimum absolute atomic E-state index is 0.256. The molecule has 1 unspecified atom stereocenters. The van der Waals surface area contributed by atoms with E-state index in [0.29, 0.717) is 0 Å². The van der Waals surface area contributed by atoms with Crippen LogP contribution in [-0.2, 0) is 0 Å². The molecule has 3 aromatic rings. The van der Waals surface area contributed by atoms with Gasteiger partial charge in [-0.25, -0.2) is 0 Å². The standard InChI is InChI=1S/C22H18N2O/c1-2-12-24-15-8-3-6-13-19(15)22-20-14(23-13)7-4-10-17(20)25-18-11-5-9-16(24)21(18)22/h3-11,22-23H,2,12H2,1H3. The molecule has 0 aromatic heterocycles. The number of hydrogen-bond acceptors (Lipinski definition) is 3. The fourth-order valence-corrected chi connectivity index (χ4v) is 4.68. The molecule has 3 aliphatic heterocycles. The summed E-state index contributed by atoms with van der Waals surface area (Å²) in [5, 5.41) is 3.64. The van der Waals surface area contributed by atoms with Crippen LogP contribution in [0.25, 0.3) is 0 Å². The molecule has 3 heterocycles. The maximum absolute atomic E-state index is 6.31. The Morgan fingerprint density at radius 3 is 2.28 bits per heavy atom. The highest BCUT2D eigenvalue weighted by Crippen LogP contribution is 2.61. The van der Waals surface area contributed by atoms with Crippen LogP contribution >= 0.6 is 0 Å². The predicted octanol–water partition coefficient (Wildman–Crippen LogP) is 5.89. The lowest BCUT2D eigenvalue weighted by molar-refractivity contribution is 0.452. The summed E-state index contributed by atoms with van der Waals surface area (Å²) < 4.78 is 6.31. The van der Waals surface area contributed by atoms with Crippen LogP contribution in [0, 0.1) is 0 Å². The number of nitrogens with one attached hydrogen (secondary N) is 1. The van der Waals surface area contributed by atoms with Crippen LogP contribution in [0.1, 0.15) is 36.0 Å². The summed E-state index contributed by atoms with van der Waals surface area (Å²) in [5.41, 5.74) is 8.97. The van der Waals surface area contributed by atoms with Gasteiger partial charge in [0.25, 0.3) is 0 Å². The van der Waals surface area contributed by atoms with Gasteiger partial charge < -0.3 is 15.0 Å². The summed E-state index contributed by atoms with van der Waals surface area (Å²) in [4.78, 5) is 2.46. The van der Waals surface area contributed by atoms with Gasteiger partial charge in [-0.2, -0.15) is 0 Å². The zero-order valence-electron chi connectivity index (χ0n) is 14.0. The molecule has 3 nitrogen and oxygen atoms in total. The van der Waals surface area contributed by atoms with Crippen molar-refractivity contribution in [3.63, 3.8) is 0 Å². The van der Waals surface area contributed by atoms with Gasteiger partial charge >= 0.3 is 0 Å². The Morgan fingerprint density at radius 1 is 0.840 bits per heavy atom. The first-order valence-electron chi connectivity index (χ1n) is 8.98. The van der Waals surface area contributed by atoms with Crippen LogP contribution in [0.15, 0.2) is 54.6 Å². The van der Waals surface area contributed by atoms with Gasteiger partial charge in [0.2, 0.25) is 0 Å². The fraction of sp³-hybridized carbons (Fsp3) is 0.182. The van der Waals surface area contributed by atoms with E-state index < -0.39 is 0 Å². The fourth-order valence-electron chi connectivity index (χ4n) is 4.68. The lowest BCUT2D eigenvalue weighted by Crippen LogP contribution is -2.31. The van der Waals surface area contributed by atoms with Crippen LogP contribution in [0.2, 0.25) is 0 Å². The maximum Gasteiger partial charge on any atom is 0.133 e. The second kappa shape index (κ2) is 4.57. The number of rotatable bonds is 2. The number of ether oxygens (including phenoxy) is 1. The van der Waals surface area contributed by atoms with Gasteiger partial charge in [0.05, 0.1) is 0 Å². The third-order valence-electron chi connectivity index (χ3n) is 5.58. The van der Waals surface area contributed by atoms with Crippen molar-refractivity contribution in [2.75, 3.05) is 16.8 Å². The predicted molar refractivity (Wildman–Crippen MR) is 101 cm³/mol. The molecule has 0 bridgehead atoms. The summed E-state index contributed by atoms with van der Waals surface area (Å²) in [6.45, 7) is 3.24. The Labute approximate surface area is 146 Å². The molecule has 1 N–H and O–H groups in total. The van der Waals surface area contributed by atoms with Crippen LogP contribution in [0.3, 0.4) is 0 Å². The lowest BCUT2D eigenvalue weighted by Gasteiger charge is -2.44. The van der Waals surface area contributed by atoms with Gasteiger partial charge in [-0.3, -0.25) is 0 Å². The van der Waals surface area contributed by atoms with Crippen molar-refractivity contribution in [3.8, 4) is 11.5 Å². The third kappa shape index (κ3) is 1.56. The van der Waals surface area contributed by atoms with Crippen LogP contribution in [-0.4, -0.2) is 6.54 Å². The molecular formula is C22H18N2O. The van der Waals surface area contributed by atoms with Gasteiger partial charge in [-0.05, 0) is 42.8 Å². The van der Waals surface area contributed by atoms with Crippen molar-refractivity contribution < 1.29 is 4.74 Å². The molecule has 0 amide bonds. The van der Waals surface area contributed by atoms with Crippen molar-refractivity contribution in [2.24, 2.45) is 0 Å². The molecule has 122 valence electrons. The Kier molecular flexibility index (Phi) is 2.44. The molecular weight excluding hydrogens is 308 g/mol. The monoisotopic (exact) mass is 326 g/mol. The van der Waals surface area contributed by atoms with E-state index in [1.165, 1.54) is 33.8 Å². The summed E-state index contributed by atoms with van der Waals surface area (Å²) >= 11 is 0. The van der Waals surface area contributed by atoms with Crippen molar-refractivity contribution in [2.45, 2.75) is 19.3 Å². The smallest absolute Gasteiger partial charge is 0.133 e. The molecule has 0 saturated heterocycles. The normalized spacial score (nSPS) is 17.5. The molecule has 0 fully saturated rings. The van der Waals surface area contributed by atoms with E-state index in [-0.39, 0.29) is 5.92 Å². The Balaban J connectivity index is 1.75. The Bertz CT molecular complexity index is 964. The van der Waals surface area contributed by atoms with Crippen LogP contribution < -0.4 is 15.0 Å². The molecule has 3 aromatic carbocycles. The molecule has 3 heteroatoms. The van der Waals surface area contributed by atoms with Crippen molar-refractivity contribution in [1.29, 1.82) is 0 Å². The van der Waals surface area contributed by atoms with E-state index in [1.807, 2.05) is 0 Å². The second-order valence-corrected chi connectivity index (χ2v) is 6.96. The summed E-state index contributed by atoms with van der Waals surface area (Å²) in [5.74, 6) is 2.23. The minimum atomic E-state index is 0.256. The number of hydrogen-bond donors (Lipinski definition) is 1. The first kappa shape index (κ1) is 13.4. The molecule has 0 aliphatic carbocycles. The molecule has 6 rings (SSSR count). The second-order valence-electron chi connectivity index (χ2n) is 6.96. The molecule has 0 radical (unpaired) electrons. The van der Waals surface area contributed by atoms with Crippen LogP contribution in [0.5, 0.6) is 11.5 Å². The van der Waals surface area contributed by atoms with E-state index in [2.05, 4.69) is 71.7 Å². The zero-order chi connectivity index (χ0) is 16.5. The number of nitrogens with zero attached hydrogens (tertiary/aromatic N) is 1. The van der Waals surface area contributed by atoms with Gasteiger partial charge in [-0.15, -0.1) is 0 Å². The maximum atomic E-state index is 6.31. The first-order valence-corrected chi connectivity index (χ1v) is 8.98. The molecule has 1 atom stereocenters. The van der Waals surface area contributed by atoms with Gasteiger partial charge in [-0.1, -0.05) is 25.1 Å². The zero-order valence-corrected chi connectivity index (χ0v) is 14.0. The summed E-state index contributed by atoms with van der Waals surface area (Å²) in [7, 11) is 0. The number of anilines is 4. The quantitative estimate of drug-likeness (QED) is 0.438. The molecule has 0 saturated carbocycles. The van der Waals surface area contributed by atoms with E-state index >= 15 is 0 Å². The average molecular weight is 326 g/mol. The average Bonchev–Trinajstić information content (AvgIpc) is 2.65. The third-order valence-corrected chi connectivity index (χ3v) is 5.58.